The van der Waals surface area contributed by atoms with Gasteiger partial charge in [-0.15, -0.1) is 0 Å². The average molecular weight is 340 g/mol. The minimum absolute atomic E-state index is 0.669. The van der Waals surface area contributed by atoms with Crippen molar-refractivity contribution in [1.29, 1.82) is 0 Å². The monoisotopic (exact) mass is 339 g/mol. The first-order chi connectivity index (χ1) is 11.5. The second-order valence-electron chi connectivity index (χ2n) is 6.11. The number of H-pyrrole nitrogens is 1. The molecular formula is C18H18ClN5. The summed E-state index contributed by atoms with van der Waals surface area (Å²) in [6, 6.07) is 9.97. The fourth-order valence-corrected chi connectivity index (χ4v) is 3.10. The molecular weight excluding hydrogens is 322 g/mol. The van der Waals surface area contributed by atoms with Gasteiger partial charge in [-0.3, -0.25) is 0 Å². The first-order valence-electron chi connectivity index (χ1n) is 7.86. The number of aryl methyl sites for hydroxylation is 3. The van der Waals surface area contributed by atoms with E-state index >= 15 is 0 Å². The van der Waals surface area contributed by atoms with E-state index in [1.165, 1.54) is 0 Å². The van der Waals surface area contributed by atoms with Crippen LogP contribution in [0.2, 0.25) is 5.02 Å². The van der Waals surface area contributed by atoms with Crippen molar-refractivity contribution in [3.8, 4) is 0 Å². The fraction of sp³-hybridized carbons (Fsp3) is 0.222. The Morgan fingerprint density at radius 3 is 2.83 bits per heavy atom. The number of nitrogens with one attached hydrogen (secondary N) is 2. The number of benzene rings is 1. The molecule has 4 rings (SSSR count). The molecule has 3 aromatic heterocycles. The van der Waals surface area contributed by atoms with E-state index in [-0.39, 0.29) is 0 Å². The minimum atomic E-state index is 0.669. The molecule has 5 nitrogen and oxygen atoms in total. The van der Waals surface area contributed by atoms with Crippen LogP contribution in [0.15, 0.2) is 30.3 Å². The van der Waals surface area contributed by atoms with Crippen molar-refractivity contribution in [3.63, 3.8) is 0 Å². The van der Waals surface area contributed by atoms with Gasteiger partial charge in [-0.1, -0.05) is 11.6 Å². The lowest BCUT2D eigenvalue weighted by atomic mass is 10.2. The van der Waals surface area contributed by atoms with Gasteiger partial charge < -0.3 is 10.3 Å². The number of fused-ring (bicyclic) bond motifs is 2. The summed E-state index contributed by atoms with van der Waals surface area (Å²) in [5.41, 5.74) is 6.15. The van der Waals surface area contributed by atoms with E-state index < -0.39 is 0 Å². The van der Waals surface area contributed by atoms with Crippen LogP contribution in [0.4, 0.5) is 5.82 Å². The lowest BCUT2D eigenvalue weighted by molar-refractivity contribution is 0.896. The van der Waals surface area contributed by atoms with Crippen LogP contribution in [0.3, 0.4) is 0 Å². The molecule has 1 aromatic carbocycles. The van der Waals surface area contributed by atoms with Crippen LogP contribution >= 0.6 is 11.6 Å². The zero-order valence-corrected chi connectivity index (χ0v) is 14.6. The number of anilines is 1. The first-order valence-corrected chi connectivity index (χ1v) is 8.23. The van der Waals surface area contributed by atoms with E-state index in [4.69, 9.17) is 11.6 Å². The van der Waals surface area contributed by atoms with Crippen molar-refractivity contribution in [2.24, 2.45) is 0 Å². The molecule has 0 aliphatic carbocycles. The van der Waals surface area contributed by atoms with E-state index in [9.17, 15) is 0 Å². The van der Waals surface area contributed by atoms with Crippen molar-refractivity contribution in [1.82, 2.24) is 19.6 Å². The van der Waals surface area contributed by atoms with Crippen LogP contribution in [-0.4, -0.2) is 19.6 Å². The van der Waals surface area contributed by atoms with Crippen LogP contribution in [0, 0.1) is 20.8 Å². The molecule has 122 valence electrons. The minimum Gasteiger partial charge on any atom is -0.364 e. The Kier molecular flexibility index (Phi) is 3.46. The molecule has 0 radical (unpaired) electrons. The highest BCUT2D eigenvalue weighted by molar-refractivity contribution is 6.31. The van der Waals surface area contributed by atoms with E-state index in [1.54, 1.807) is 0 Å². The predicted molar refractivity (Wildman–Crippen MR) is 97.8 cm³/mol. The van der Waals surface area contributed by atoms with Gasteiger partial charge in [0.2, 0.25) is 0 Å². The van der Waals surface area contributed by atoms with Gasteiger partial charge in [0.15, 0.2) is 5.65 Å². The number of hydrogen-bond acceptors (Lipinski definition) is 3. The van der Waals surface area contributed by atoms with Crippen LogP contribution in [0.25, 0.3) is 16.6 Å². The van der Waals surface area contributed by atoms with E-state index in [1.807, 2.05) is 42.6 Å². The Hall–Kier alpha value is -2.53. The summed E-state index contributed by atoms with van der Waals surface area (Å²) < 4.78 is 1.87. The maximum absolute atomic E-state index is 6.05. The number of aromatic amines is 1. The Balaban J connectivity index is 1.67. The third kappa shape index (κ3) is 2.51. The molecule has 3 heterocycles. The van der Waals surface area contributed by atoms with Gasteiger partial charge in [0.25, 0.3) is 0 Å². The Labute approximate surface area is 144 Å². The molecule has 0 amide bonds. The van der Waals surface area contributed by atoms with E-state index in [0.717, 1.165) is 50.0 Å². The molecule has 2 N–H and O–H groups in total. The highest BCUT2D eigenvalue weighted by atomic mass is 35.5. The highest BCUT2D eigenvalue weighted by Crippen LogP contribution is 2.22. The SMILES string of the molecule is Cc1cc(NCc2cc3cc(Cl)ccc3[nH]2)n2nc(C)c(C)c2n1. The lowest BCUT2D eigenvalue weighted by Crippen LogP contribution is -2.07. The maximum Gasteiger partial charge on any atom is 0.160 e. The molecule has 0 aliphatic rings. The lowest BCUT2D eigenvalue weighted by Gasteiger charge is -2.08. The van der Waals surface area contributed by atoms with Gasteiger partial charge in [-0.25, -0.2) is 4.98 Å². The normalized spacial score (nSPS) is 11.5. The van der Waals surface area contributed by atoms with Crippen LogP contribution in [0.5, 0.6) is 0 Å². The van der Waals surface area contributed by atoms with E-state index in [2.05, 4.69) is 33.4 Å². The Bertz CT molecular complexity index is 1060. The van der Waals surface area contributed by atoms with E-state index in [0.29, 0.717) is 6.54 Å². The van der Waals surface area contributed by atoms with Gasteiger partial charge in [0.1, 0.15) is 5.82 Å². The number of nitrogens with zero attached hydrogens (tertiary/aromatic N) is 3. The summed E-state index contributed by atoms with van der Waals surface area (Å²) in [4.78, 5) is 8.00. The number of aromatic nitrogens is 4. The Morgan fingerprint density at radius 2 is 2.00 bits per heavy atom. The van der Waals surface area contributed by atoms with Gasteiger partial charge >= 0.3 is 0 Å². The van der Waals surface area contributed by atoms with Crippen molar-refractivity contribution < 1.29 is 0 Å². The number of rotatable bonds is 3. The number of hydrogen-bond donors (Lipinski definition) is 2. The van der Waals surface area contributed by atoms with Crippen molar-refractivity contribution in [2.75, 3.05) is 5.32 Å². The average Bonchev–Trinajstić information content (AvgIpc) is 3.07. The molecule has 0 fully saturated rings. The molecule has 0 atom stereocenters. The molecule has 0 saturated carbocycles. The van der Waals surface area contributed by atoms with Crippen LogP contribution < -0.4 is 5.32 Å². The summed E-state index contributed by atoms with van der Waals surface area (Å²) in [5, 5.41) is 9.90. The van der Waals surface area contributed by atoms with Gasteiger partial charge in [-0.2, -0.15) is 9.61 Å². The molecule has 0 aliphatic heterocycles. The zero-order valence-electron chi connectivity index (χ0n) is 13.8. The molecule has 0 saturated heterocycles. The first kappa shape index (κ1) is 15.0. The highest BCUT2D eigenvalue weighted by Gasteiger charge is 2.11. The summed E-state index contributed by atoms with van der Waals surface area (Å²) in [7, 11) is 0. The molecule has 0 bridgehead atoms. The standard InChI is InChI=1S/C18H18ClN5/c1-10-6-17(24-18(21-10)11(2)12(3)23-24)20-9-15-8-13-7-14(19)4-5-16(13)22-15/h4-8,20,22H,9H2,1-3H3. The molecule has 4 aromatic rings. The van der Waals surface area contributed by atoms with Crippen molar-refractivity contribution >= 4 is 34.0 Å². The molecule has 0 spiro atoms. The van der Waals surface area contributed by atoms with Gasteiger partial charge in [0, 0.05) is 38.9 Å². The zero-order chi connectivity index (χ0) is 16.8. The molecule has 24 heavy (non-hydrogen) atoms. The largest absolute Gasteiger partial charge is 0.364 e. The third-order valence-electron chi connectivity index (χ3n) is 4.28. The maximum atomic E-state index is 6.05. The fourth-order valence-electron chi connectivity index (χ4n) is 2.92. The smallest absolute Gasteiger partial charge is 0.160 e. The number of halogens is 1. The molecule has 6 heteroatoms. The molecule has 0 unspecified atom stereocenters. The second-order valence-corrected chi connectivity index (χ2v) is 6.54. The van der Waals surface area contributed by atoms with Crippen molar-refractivity contribution in [2.45, 2.75) is 27.3 Å². The quantitative estimate of drug-likeness (QED) is 0.581. The van der Waals surface area contributed by atoms with Crippen LogP contribution in [0.1, 0.15) is 22.6 Å². The van der Waals surface area contributed by atoms with Crippen LogP contribution in [-0.2, 0) is 6.54 Å². The third-order valence-corrected chi connectivity index (χ3v) is 4.52. The van der Waals surface area contributed by atoms with Crippen molar-refractivity contribution in [3.05, 3.63) is 58.0 Å². The van der Waals surface area contributed by atoms with Gasteiger partial charge in [-0.05, 0) is 45.0 Å². The summed E-state index contributed by atoms with van der Waals surface area (Å²) in [5.74, 6) is 0.936. The Morgan fingerprint density at radius 1 is 1.17 bits per heavy atom. The van der Waals surface area contributed by atoms with Gasteiger partial charge in [0.05, 0.1) is 12.2 Å². The predicted octanol–water partition coefficient (Wildman–Crippen LogP) is 4.40. The summed E-state index contributed by atoms with van der Waals surface area (Å²) >= 11 is 6.05. The topological polar surface area (TPSA) is 58.0 Å². The summed E-state index contributed by atoms with van der Waals surface area (Å²) in [6.45, 7) is 6.72. The second kappa shape index (κ2) is 5.53. The summed E-state index contributed by atoms with van der Waals surface area (Å²) in [6.07, 6.45) is 0.